The Bertz CT molecular complexity index is 922. The van der Waals surface area contributed by atoms with Crippen molar-refractivity contribution in [2.45, 2.75) is 32.7 Å². The number of nitrogens with one attached hydrogen (secondary N) is 1. The average Bonchev–Trinajstić information content (AvgIpc) is 3.20. The summed E-state index contributed by atoms with van der Waals surface area (Å²) in [6, 6.07) is 2.93. The number of nitrogens with zero attached hydrogens (tertiary/aromatic N) is 3. The van der Waals surface area contributed by atoms with Gasteiger partial charge in [-0.1, -0.05) is 13.3 Å². The van der Waals surface area contributed by atoms with Crippen LogP contribution in [0.25, 0.3) is 0 Å². The van der Waals surface area contributed by atoms with Gasteiger partial charge in [0, 0.05) is 17.3 Å². The van der Waals surface area contributed by atoms with Crippen molar-refractivity contribution in [2.75, 3.05) is 33.3 Å². The van der Waals surface area contributed by atoms with E-state index in [2.05, 4.69) is 15.4 Å². The van der Waals surface area contributed by atoms with Crippen molar-refractivity contribution in [1.82, 2.24) is 14.8 Å². The van der Waals surface area contributed by atoms with Gasteiger partial charge in [-0.2, -0.15) is 10.1 Å². The molecule has 0 aliphatic carbocycles. The fourth-order valence-electron chi connectivity index (χ4n) is 3.46. The lowest BCUT2D eigenvalue weighted by molar-refractivity contribution is -0.139. The van der Waals surface area contributed by atoms with Gasteiger partial charge >= 0.3 is 5.97 Å². The Morgan fingerprint density at radius 2 is 1.79 bits per heavy atom. The summed E-state index contributed by atoms with van der Waals surface area (Å²) in [4.78, 5) is 17.3. The van der Waals surface area contributed by atoms with Crippen LogP contribution < -0.4 is 19.5 Å². The lowest BCUT2D eigenvalue weighted by Crippen LogP contribution is -2.30. The molecule has 1 N–H and O–H groups in total. The minimum atomic E-state index is -0.593. The van der Waals surface area contributed by atoms with Crippen LogP contribution in [0.5, 0.6) is 17.2 Å². The van der Waals surface area contributed by atoms with Gasteiger partial charge < -0.3 is 24.3 Å². The maximum atomic E-state index is 13.0. The van der Waals surface area contributed by atoms with Gasteiger partial charge in [0.15, 0.2) is 11.5 Å². The molecule has 29 heavy (non-hydrogen) atoms. The number of carbonyl (C=O) groups is 1. The largest absolute Gasteiger partial charge is 0.496 e. The molecule has 9 nitrogen and oxygen atoms in total. The molecule has 3 rings (SSSR count). The minimum Gasteiger partial charge on any atom is -0.496 e. The Morgan fingerprint density at radius 3 is 2.41 bits per heavy atom. The van der Waals surface area contributed by atoms with Crippen molar-refractivity contribution in [3.05, 3.63) is 35.3 Å². The second-order valence-corrected chi connectivity index (χ2v) is 6.37. The Morgan fingerprint density at radius 1 is 1.10 bits per heavy atom. The molecule has 9 heteroatoms. The van der Waals surface area contributed by atoms with E-state index in [4.69, 9.17) is 18.9 Å². The highest BCUT2D eigenvalue weighted by molar-refractivity contribution is 5.92. The lowest BCUT2D eigenvalue weighted by Gasteiger charge is -2.30. The average molecular weight is 402 g/mol. The van der Waals surface area contributed by atoms with Crippen LogP contribution in [-0.2, 0) is 9.53 Å². The van der Waals surface area contributed by atoms with Crippen LogP contribution in [0.1, 0.15) is 38.3 Å². The number of allylic oxidation sites excluding steroid dienone is 1. The van der Waals surface area contributed by atoms with E-state index in [0.717, 1.165) is 12.1 Å². The number of fused-ring (bicyclic) bond motifs is 1. The Hall–Kier alpha value is -3.23. The van der Waals surface area contributed by atoms with Crippen molar-refractivity contribution < 1.29 is 23.7 Å². The normalized spacial score (nSPS) is 15.4. The van der Waals surface area contributed by atoms with E-state index in [1.54, 1.807) is 45.1 Å². The minimum absolute atomic E-state index is 0.266. The van der Waals surface area contributed by atoms with Crippen LogP contribution in [0.4, 0.5) is 5.95 Å². The van der Waals surface area contributed by atoms with Gasteiger partial charge in [-0.3, -0.25) is 0 Å². The van der Waals surface area contributed by atoms with Gasteiger partial charge in [0.25, 0.3) is 0 Å². The molecule has 0 saturated heterocycles. The molecule has 0 fully saturated rings. The number of carbonyl (C=O) groups excluding carboxylic acids is 1. The second kappa shape index (κ2) is 8.85. The molecule has 1 aliphatic rings. The molecule has 2 aromatic rings. The standard InChI is InChI=1S/C20H26N4O5/c1-6-8-13-17(19(25)29-7-2)18(24-20(23-13)21-11-22-24)12-9-15(27-4)16(28-5)10-14(12)26-3/h9-11,18H,6-8H2,1-5H3,(H,21,22,23). The van der Waals surface area contributed by atoms with Crippen molar-refractivity contribution in [3.63, 3.8) is 0 Å². The van der Waals surface area contributed by atoms with E-state index in [1.807, 2.05) is 6.92 Å². The lowest BCUT2D eigenvalue weighted by atomic mass is 9.93. The summed E-state index contributed by atoms with van der Waals surface area (Å²) in [6.45, 7) is 4.09. The molecule has 0 saturated carbocycles. The molecular formula is C20H26N4O5. The van der Waals surface area contributed by atoms with Crippen molar-refractivity contribution in [2.24, 2.45) is 0 Å². The second-order valence-electron chi connectivity index (χ2n) is 6.37. The Balaban J connectivity index is 2.27. The van der Waals surface area contributed by atoms with Crippen LogP contribution in [-0.4, -0.2) is 48.7 Å². The van der Waals surface area contributed by atoms with E-state index in [0.29, 0.717) is 40.8 Å². The van der Waals surface area contributed by atoms with Crippen LogP contribution in [0.3, 0.4) is 0 Å². The van der Waals surface area contributed by atoms with Gasteiger partial charge in [-0.15, -0.1) is 0 Å². The van der Waals surface area contributed by atoms with Gasteiger partial charge in [-0.05, 0) is 19.4 Å². The van der Waals surface area contributed by atoms with Crippen LogP contribution in [0, 0.1) is 0 Å². The molecule has 0 radical (unpaired) electrons. The summed E-state index contributed by atoms with van der Waals surface area (Å²) in [6.07, 6.45) is 2.95. The zero-order chi connectivity index (χ0) is 21.0. The SMILES string of the molecule is CCCC1=C(C(=O)OCC)C(c2cc(OC)c(OC)cc2OC)n2ncnc2N1. The van der Waals surface area contributed by atoms with Crippen LogP contribution in [0.2, 0.25) is 0 Å². The fourth-order valence-corrected chi connectivity index (χ4v) is 3.46. The molecule has 1 aromatic heterocycles. The van der Waals surface area contributed by atoms with Gasteiger partial charge in [0.05, 0.1) is 33.5 Å². The third-order valence-corrected chi connectivity index (χ3v) is 4.70. The number of esters is 1. The zero-order valence-electron chi connectivity index (χ0n) is 17.3. The van der Waals surface area contributed by atoms with E-state index in [-0.39, 0.29) is 6.61 Å². The zero-order valence-corrected chi connectivity index (χ0v) is 17.3. The van der Waals surface area contributed by atoms with E-state index < -0.39 is 12.0 Å². The van der Waals surface area contributed by atoms with Crippen LogP contribution >= 0.6 is 0 Å². The van der Waals surface area contributed by atoms with Gasteiger partial charge in [-0.25, -0.2) is 9.48 Å². The molecule has 1 aromatic carbocycles. The summed E-state index contributed by atoms with van der Waals surface area (Å²) in [5.74, 6) is 1.71. The quantitative estimate of drug-likeness (QED) is 0.673. The molecule has 0 amide bonds. The molecule has 0 bridgehead atoms. The van der Waals surface area contributed by atoms with Gasteiger partial charge in [0.2, 0.25) is 5.95 Å². The Kier molecular flexibility index (Phi) is 6.26. The van der Waals surface area contributed by atoms with Crippen LogP contribution in [0.15, 0.2) is 29.7 Å². The number of hydrogen-bond donors (Lipinski definition) is 1. The number of methoxy groups -OCH3 is 3. The first-order valence-corrected chi connectivity index (χ1v) is 9.46. The maximum Gasteiger partial charge on any atom is 0.338 e. The molecule has 0 spiro atoms. The van der Waals surface area contributed by atoms with Crippen molar-refractivity contribution in [1.29, 1.82) is 0 Å². The van der Waals surface area contributed by atoms with Crippen molar-refractivity contribution in [3.8, 4) is 17.2 Å². The topological polar surface area (TPSA) is 96.7 Å². The predicted molar refractivity (Wildman–Crippen MR) is 106 cm³/mol. The highest BCUT2D eigenvalue weighted by Gasteiger charge is 2.37. The molecule has 156 valence electrons. The first-order chi connectivity index (χ1) is 14.1. The Labute approximate surface area is 169 Å². The summed E-state index contributed by atoms with van der Waals surface area (Å²) in [7, 11) is 4.68. The molecule has 1 unspecified atom stereocenters. The fraction of sp³-hybridized carbons (Fsp3) is 0.450. The number of hydrogen-bond acceptors (Lipinski definition) is 8. The van der Waals surface area contributed by atoms with E-state index in [9.17, 15) is 4.79 Å². The number of ether oxygens (including phenoxy) is 4. The van der Waals surface area contributed by atoms with Gasteiger partial charge in [0.1, 0.15) is 18.1 Å². The molecule has 1 atom stereocenters. The summed E-state index contributed by atoms with van der Waals surface area (Å²) in [5.41, 5.74) is 1.92. The summed E-state index contributed by atoms with van der Waals surface area (Å²) in [5, 5.41) is 7.58. The maximum absolute atomic E-state index is 13.0. The molecule has 2 heterocycles. The smallest absolute Gasteiger partial charge is 0.338 e. The van der Waals surface area contributed by atoms with E-state index >= 15 is 0 Å². The summed E-state index contributed by atoms with van der Waals surface area (Å²) < 4.78 is 23.5. The summed E-state index contributed by atoms with van der Waals surface area (Å²) >= 11 is 0. The highest BCUT2D eigenvalue weighted by Crippen LogP contribution is 2.44. The third-order valence-electron chi connectivity index (χ3n) is 4.70. The van der Waals surface area contributed by atoms with Crippen molar-refractivity contribution >= 4 is 11.9 Å². The number of anilines is 1. The third kappa shape index (κ3) is 3.72. The number of aromatic nitrogens is 3. The predicted octanol–water partition coefficient (Wildman–Crippen LogP) is 2.94. The number of benzene rings is 1. The number of rotatable bonds is 8. The highest BCUT2D eigenvalue weighted by atomic mass is 16.5. The van der Waals surface area contributed by atoms with E-state index in [1.165, 1.54) is 6.33 Å². The first-order valence-electron chi connectivity index (χ1n) is 9.46. The first kappa shape index (κ1) is 20.5. The molecular weight excluding hydrogens is 376 g/mol. The molecule has 1 aliphatic heterocycles. The monoisotopic (exact) mass is 402 g/mol.